The molecule has 0 unspecified atom stereocenters. The second-order valence-electron chi connectivity index (χ2n) is 7.17. The Morgan fingerprint density at radius 1 is 1.15 bits per heavy atom. The van der Waals surface area contributed by atoms with Gasteiger partial charge in [0.25, 0.3) is 6.43 Å². The number of ketones is 1. The largest absolute Gasteiger partial charge is 0.493 e. The normalized spacial score (nSPS) is 20.4. The Kier molecular flexibility index (Phi) is 7.98. The molecular weight excluding hydrogens is 341 g/mol. The van der Waals surface area contributed by atoms with Crippen molar-refractivity contribution in [1.29, 1.82) is 0 Å². The minimum atomic E-state index is -2.90. The van der Waals surface area contributed by atoms with E-state index in [9.17, 15) is 18.0 Å². The van der Waals surface area contributed by atoms with Gasteiger partial charge in [-0.1, -0.05) is 32.6 Å². The maximum atomic E-state index is 13.6. The average molecular weight is 370 g/mol. The zero-order valence-corrected chi connectivity index (χ0v) is 15.7. The molecule has 0 amide bonds. The van der Waals surface area contributed by atoms with Crippen molar-refractivity contribution in [3.05, 3.63) is 28.8 Å². The van der Waals surface area contributed by atoms with Gasteiger partial charge in [-0.3, -0.25) is 4.79 Å². The molecule has 0 aromatic heterocycles. The van der Waals surface area contributed by atoms with Gasteiger partial charge in [0.1, 0.15) is 12.4 Å². The second kappa shape index (κ2) is 9.98. The summed E-state index contributed by atoms with van der Waals surface area (Å²) in [5, 5.41) is 0. The number of hydrogen-bond acceptors (Lipinski definition) is 2. The van der Waals surface area contributed by atoms with Crippen molar-refractivity contribution in [2.45, 2.75) is 71.9 Å². The summed E-state index contributed by atoms with van der Waals surface area (Å²) < 4.78 is 45.9. The van der Waals surface area contributed by atoms with Crippen molar-refractivity contribution < 1.29 is 22.7 Å². The SMILES string of the molecule is CCCC1CCC(CC(=O)c2ccc(OCC)c(CF)c2C(F)F)CC1. The summed E-state index contributed by atoms with van der Waals surface area (Å²) in [6, 6.07) is 2.81. The number of rotatable bonds is 9. The van der Waals surface area contributed by atoms with Gasteiger partial charge in [-0.2, -0.15) is 0 Å². The van der Waals surface area contributed by atoms with Gasteiger partial charge in [0.05, 0.1) is 6.61 Å². The molecule has 26 heavy (non-hydrogen) atoms. The lowest BCUT2D eigenvalue weighted by molar-refractivity contribution is 0.0927. The third-order valence-corrected chi connectivity index (χ3v) is 5.40. The fraction of sp³-hybridized carbons (Fsp3) is 0.667. The van der Waals surface area contributed by atoms with Gasteiger partial charge in [0.15, 0.2) is 5.78 Å². The maximum Gasteiger partial charge on any atom is 0.265 e. The zero-order chi connectivity index (χ0) is 19.1. The van der Waals surface area contributed by atoms with Crippen molar-refractivity contribution in [2.75, 3.05) is 6.61 Å². The molecular formula is C21H29F3O2. The summed E-state index contributed by atoms with van der Waals surface area (Å²) in [5.41, 5.74) is -0.741. The van der Waals surface area contributed by atoms with Crippen LogP contribution < -0.4 is 4.74 Å². The van der Waals surface area contributed by atoms with E-state index in [0.29, 0.717) is 0 Å². The van der Waals surface area contributed by atoms with Gasteiger partial charge < -0.3 is 4.74 Å². The molecule has 0 bridgehead atoms. The van der Waals surface area contributed by atoms with Gasteiger partial charge in [-0.05, 0) is 43.7 Å². The van der Waals surface area contributed by atoms with E-state index >= 15 is 0 Å². The molecule has 146 valence electrons. The lowest BCUT2D eigenvalue weighted by Gasteiger charge is -2.28. The number of Topliss-reactive ketones (excluding diaryl/α,β-unsaturated/α-hetero) is 1. The van der Waals surface area contributed by atoms with Crippen LogP contribution in [0.4, 0.5) is 13.2 Å². The number of benzene rings is 1. The molecule has 5 heteroatoms. The molecule has 1 fully saturated rings. The lowest BCUT2D eigenvalue weighted by atomic mass is 9.77. The molecule has 0 heterocycles. The fourth-order valence-corrected chi connectivity index (χ4v) is 4.07. The van der Waals surface area contributed by atoms with Crippen LogP contribution in [-0.2, 0) is 6.67 Å². The van der Waals surface area contributed by atoms with Crippen molar-refractivity contribution in [3.63, 3.8) is 0 Å². The molecule has 0 aliphatic heterocycles. The molecule has 2 rings (SSSR count). The predicted octanol–water partition coefficient (Wildman–Crippen LogP) is 6.67. The van der Waals surface area contributed by atoms with E-state index in [1.54, 1.807) is 6.92 Å². The van der Waals surface area contributed by atoms with E-state index in [2.05, 4.69) is 6.92 Å². The highest BCUT2D eigenvalue weighted by Gasteiger charge is 2.28. The minimum absolute atomic E-state index is 0.0493. The third kappa shape index (κ3) is 5.01. The van der Waals surface area contributed by atoms with Crippen LogP contribution in [0.25, 0.3) is 0 Å². The number of carbonyl (C=O) groups is 1. The monoisotopic (exact) mass is 370 g/mol. The topological polar surface area (TPSA) is 26.3 Å². The highest BCUT2D eigenvalue weighted by Crippen LogP contribution is 2.37. The molecule has 1 saturated carbocycles. The minimum Gasteiger partial charge on any atom is -0.493 e. The lowest BCUT2D eigenvalue weighted by Crippen LogP contribution is -2.18. The highest BCUT2D eigenvalue weighted by atomic mass is 19.3. The Balaban J connectivity index is 2.15. The summed E-state index contributed by atoms with van der Waals surface area (Å²) in [4.78, 5) is 12.7. The molecule has 0 saturated heterocycles. The van der Waals surface area contributed by atoms with Crippen LogP contribution in [-0.4, -0.2) is 12.4 Å². The van der Waals surface area contributed by atoms with Crippen LogP contribution in [0.1, 0.15) is 86.7 Å². The molecule has 0 N–H and O–H groups in total. The summed E-state index contributed by atoms with van der Waals surface area (Å²) in [7, 11) is 0. The Morgan fingerprint density at radius 3 is 2.35 bits per heavy atom. The van der Waals surface area contributed by atoms with Crippen LogP contribution in [0.5, 0.6) is 5.75 Å². The highest BCUT2D eigenvalue weighted by molar-refractivity contribution is 5.98. The van der Waals surface area contributed by atoms with Crippen LogP contribution in [0, 0.1) is 11.8 Å². The van der Waals surface area contributed by atoms with Gasteiger partial charge in [0, 0.05) is 23.1 Å². The van der Waals surface area contributed by atoms with Crippen molar-refractivity contribution in [2.24, 2.45) is 11.8 Å². The molecule has 1 aromatic carbocycles. The molecule has 1 aliphatic rings. The molecule has 0 atom stereocenters. The number of alkyl halides is 3. The Morgan fingerprint density at radius 2 is 1.81 bits per heavy atom. The summed E-state index contributed by atoms with van der Waals surface area (Å²) >= 11 is 0. The fourth-order valence-electron chi connectivity index (χ4n) is 4.07. The summed E-state index contributed by atoms with van der Waals surface area (Å²) in [5.74, 6) is 0.757. The van der Waals surface area contributed by atoms with E-state index in [1.165, 1.54) is 25.0 Å². The van der Waals surface area contributed by atoms with E-state index in [0.717, 1.165) is 31.6 Å². The first-order chi connectivity index (χ1) is 12.5. The standard InChI is InChI=1S/C21H29F3O2/c1-3-5-14-6-8-15(9-7-14)12-18(25)16-10-11-19(26-4-2)17(13-22)20(16)21(23)24/h10-11,14-15,21H,3-9,12-13H2,1-2H3. The predicted molar refractivity (Wildman–Crippen MR) is 96.7 cm³/mol. The summed E-state index contributed by atoms with van der Waals surface area (Å²) in [6.07, 6.45) is 3.89. The van der Waals surface area contributed by atoms with E-state index < -0.39 is 18.7 Å². The van der Waals surface area contributed by atoms with Crippen molar-refractivity contribution in [3.8, 4) is 5.75 Å². The van der Waals surface area contributed by atoms with Gasteiger partial charge >= 0.3 is 0 Å². The van der Waals surface area contributed by atoms with Crippen molar-refractivity contribution in [1.82, 2.24) is 0 Å². The number of hydrogen-bond donors (Lipinski definition) is 0. The Hall–Kier alpha value is -1.52. The molecule has 1 aliphatic carbocycles. The van der Waals surface area contributed by atoms with Crippen LogP contribution in [0.3, 0.4) is 0 Å². The first-order valence-electron chi connectivity index (χ1n) is 9.67. The molecule has 1 aromatic rings. The average Bonchev–Trinajstić information content (AvgIpc) is 2.63. The first-order valence-corrected chi connectivity index (χ1v) is 9.67. The first kappa shape index (κ1) is 20.8. The smallest absolute Gasteiger partial charge is 0.265 e. The third-order valence-electron chi connectivity index (χ3n) is 5.40. The molecule has 0 radical (unpaired) electrons. The van der Waals surface area contributed by atoms with Gasteiger partial charge in [-0.15, -0.1) is 0 Å². The van der Waals surface area contributed by atoms with E-state index in [-0.39, 0.29) is 41.6 Å². The quantitative estimate of drug-likeness (QED) is 0.454. The Labute approximate surface area is 154 Å². The number of carbonyl (C=O) groups excluding carboxylic acids is 1. The summed E-state index contributed by atoms with van der Waals surface area (Å²) in [6.45, 7) is 3.07. The van der Waals surface area contributed by atoms with Gasteiger partial charge in [0.2, 0.25) is 0 Å². The van der Waals surface area contributed by atoms with Crippen molar-refractivity contribution >= 4 is 5.78 Å². The van der Waals surface area contributed by atoms with Gasteiger partial charge in [-0.25, -0.2) is 13.2 Å². The van der Waals surface area contributed by atoms with Crippen LogP contribution in [0.15, 0.2) is 12.1 Å². The van der Waals surface area contributed by atoms with E-state index in [4.69, 9.17) is 4.74 Å². The van der Waals surface area contributed by atoms with Crippen LogP contribution >= 0.6 is 0 Å². The maximum absolute atomic E-state index is 13.6. The van der Waals surface area contributed by atoms with Crippen LogP contribution in [0.2, 0.25) is 0 Å². The molecule has 2 nitrogen and oxygen atoms in total. The Bertz CT molecular complexity index is 593. The second-order valence-corrected chi connectivity index (χ2v) is 7.17. The molecule has 0 spiro atoms. The number of halogens is 3. The number of ether oxygens (including phenoxy) is 1. The van der Waals surface area contributed by atoms with E-state index in [1.807, 2.05) is 0 Å². The zero-order valence-electron chi connectivity index (χ0n) is 15.7.